The van der Waals surface area contributed by atoms with Crippen molar-refractivity contribution in [2.24, 2.45) is 0 Å². The van der Waals surface area contributed by atoms with Crippen LogP contribution in [0.5, 0.6) is 17.2 Å². The van der Waals surface area contributed by atoms with Crippen LogP contribution in [0.4, 0.5) is 5.69 Å². The van der Waals surface area contributed by atoms with Crippen LogP contribution in [0, 0.1) is 0 Å². The molecule has 4 aromatic carbocycles. The molecule has 1 N–H and O–H groups in total. The predicted octanol–water partition coefficient (Wildman–Crippen LogP) is 7.43. The minimum atomic E-state index is -0.665. The maximum Gasteiger partial charge on any atom is 0.254 e. The fourth-order valence-corrected chi connectivity index (χ4v) is 5.20. The number of aryl methyl sites for hydroxylation is 1. The average molecular weight is 549 g/mol. The van der Waals surface area contributed by atoms with Crippen LogP contribution in [0.3, 0.4) is 0 Å². The number of carbonyl (C=O) groups is 2. The molecule has 5 rings (SSSR count). The molecule has 0 saturated heterocycles. The van der Waals surface area contributed by atoms with Crippen LogP contribution in [0.1, 0.15) is 53.2 Å². The molecule has 2 amide bonds. The molecular formula is C35H36N2O4. The second-order valence-electron chi connectivity index (χ2n) is 10.3. The van der Waals surface area contributed by atoms with Crippen LogP contribution < -0.4 is 14.8 Å². The van der Waals surface area contributed by atoms with E-state index in [1.807, 2.05) is 66.7 Å². The lowest BCUT2D eigenvalue weighted by molar-refractivity contribution is -0.121. The number of rotatable bonds is 10. The Labute approximate surface area is 241 Å². The highest BCUT2D eigenvalue weighted by Gasteiger charge is 2.35. The lowest BCUT2D eigenvalue weighted by Gasteiger charge is -2.36. The molecule has 0 unspecified atom stereocenters. The summed E-state index contributed by atoms with van der Waals surface area (Å²) < 4.78 is 11.5. The first-order valence-corrected chi connectivity index (χ1v) is 14.2. The summed E-state index contributed by atoms with van der Waals surface area (Å²) in [4.78, 5) is 29.3. The number of carbonyl (C=O) groups excluding carboxylic acids is 2. The van der Waals surface area contributed by atoms with Crippen molar-refractivity contribution < 1.29 is 19.1 Å². The molecule has 4 aromatic rings. The van der Waals surface area contributed by atoms with Crippen LogP contribution in [0.25, 0.3) is 0 Å². The van der Waals surface area contributed by atoms with Gasteiger partial charge in [0.15, 0.2) is 11.5 Å². The number of benzene rings is 4. The zero-order chi connectivity index (χ0) is 28.6. The van der Waals surface area contributed by atoms with Crippen molar-refractivity contribution in [2.75, 3.05) is 12.4 Å². The van der Waals surface area contributed by atoms with Gasteiger partial charge in [-0.2, -0.15) is 0 Å². The summed E-state index contributed by atoms with van der Waals surface area (Å²) in [7, 11) is 1.56. The molecule has 1 atom stereocenters. The Morgan fingerprint density at radius 2 is 1.59 bits per heavy atom. The monoisotopic (exact) mass is 548 g/mol. The Balaban J connectivity index is 1.39. The highest BCUT2D eigenvalue weighted by molar-refractivity contribution is 6.02. The Kier molecular flexibility index (Phi) is 8.99. The lowest BCUT2D eigenvalue weighted by Crippen LogP contribution is -2.50. The summed E-state index contributed by atoms with van der Waals surface area (Å²) >= 11 is 0. The van der Waals surface area contributed by atoms with Crippen LogP contribution in [-0.4, -0.2) is 29.9 Å². The van der Waals surface area contributed by atoms with Gasteiger partial charge in [-0.25, -0.2) is 0 Å². The maximum atomic E-state index is 14.0. The van der Waals surface area contributed by atoms with Gasteiger partial charge in [-0.05, 0) is 72.0 Å². The summed E-state index contributed by atoms with van der Waals surface area (Å²) in [6.45, 7) is 2.53. The normalized spacial score (nSPS) is 14.2. The summed E-state index contributed by atoms with van der Waals surface area (Å²) in [5.41, 5.74) is 4.52. The minimum Gasteiger partial charge on any atom is -0.493 e. The van der Waals surface area contributed by atoms with Gasteiger partial charge >= 0.3 is 0 Å². The molecule has 1 aliphatic rings. The van der Waals surface area contributed by atoms with Gasteiger partial charge in [-0.1, -0.05) is 74.4 Å². The first kappa shape index (κ1) is 28.0. The van der Waals surface area contributed by atoms with E-state index in [-0.39, 0.29) is 11.8 Å². The van der Waals surface area contributed by atoms with E-state index in [4.69, 9.17) is 9.47 Å². The molecule has 0 aliphatic carbocycles. The number of hydrogen-bond donors (Lipinski definition) is 1. The molecule has 0 fully saturated rings. The third-order valence-corrected chi connectivity index (χ3v) is 7.48. The molecule has 0 saturated carbocycles. The number of nitrogens with zero attached hydrogens (tertiary/aromatic N) is 1. The number of anilines is 1. The number of amides is 2. The van der Waals surface area contributed by atoms with E-state index in [9.17, 15) is 9.59 Å². The van der Waals surface area contributed by atoms with Crippen LogP contribution in [0.15, 0.2) is 97.1 Å². The van der Waals surface area contributed by atoms with Crippen molar-refractivity contribution >= 4 is 17.5 Å². The molecule has 6 nitrogen and oxygen atoms in total. The fraction of sp³-hybridized carbons (Fsp3) is 0.257. The van der Waals surface area contributed by atoms with E-state index in [0.717, 1.165) is 29.7 Å². The van der Waals surface area contributed by atoms with Crippen molar-refractivity contribution in [1.29, 1.82) is 0 Å². The number of unbranched alkanes of at least 4 members (excludes halogenated alkanes) is 2. The Morgan fingerprint density at radius 3 is 2.32 bits per heavy atom. The molecule has 0 bridgehead atoms. The van der Waals surface area contributed by atoms with Crippen LogP contribution in [-0.2, 0) is 24.2 Å². The van der Waals surface area contributed by atoms with Crippen molar-refractivity contribution in [1.82, 2.24) is 4.90 Å². The summed E-state index contributed by atoms with van der Waals surface area (Å²) in [6.07, 6.45) is 5.02. The molecule has 210 valence electrons. The van der Waals surface area contributed by atoms with Crippen molar-refractivity contribution in [2.45, 2.75) is 51.6 Å². The first-order chi connectivity index (χ1) is 20.1. The Hall–Kier alpha value is -4.58. The molecule has 1 aliphatic heterocycles. The minimum absolute atomic E-state index is 0.208. The number of nitrogens with one attached hydrogen (secondary N) is 1. The van der Waals surface area contributed by atoms with Gasteiger partial charge in [0.1, 0.15) is 11.8 Å². The van der Waals surface area contributed by atoms with Crippen LogP contribution >= 0.6 is 0 Å². The average Bonchev–Trinajstić information content (AvgIpc) is 3.01. The van der Waals surface area contributed by atoms with E-state index in [0.29, 0.717) is 35.8 Å². The molecule has 41 heavy (non-hydrogen) atoms. The fourth-order valence-electron chi connectivity index (χ4n) is 5.20. The second-order valence-corrected chi connectivity index (χ2v) is 10.3. The number of para-hydroxylation sites is 1. The summed E-state index contributed by atoms with van der Waals surface area (Å²) in [5, 5.41) is 3.06. The highest BCUT2D eigenvalue weighted by atomic mass is 16.5. The predicted molar refractivity (Wildman–Crippen MR) is 162 cm³/mol. The van der Waals surface area contributed by atoms with Crippen molar-refractivity contribution in [3.05, 3.63) is 119 Å². The molecular weight excluding hydrogens is 512 g/mol. The van der Waals surface area contributed by atoms with Gasteiger partial charge in [-0.3, -0.25) is 9.59 Å². The molecule has 0 aromatic heterocycles. The van der Waals surface area contributed by atoms with E-state index in [1.165, 1.54) is 18.4 Å². The van der Waals surface area contributed by atoms with Gasteiger partial charge < -0.3 is 19.7 Å². The zero-order valence-electron chi connectivity index (χ0n) is 23.6. The highest BCUT2D eigenvalue weighted by Crippen LogP contribution is 2.34. The number of ether oxygens (including phenoxy) is 2. The van der Waals surface area contributed by atoms with Crippen molar-refractivity contribution in [3.63, 3.8) is 0 Å². The standard InChI is InChI=1S/C35H36N2O4/c1-3-4-6-11-25-16-19-29(20-17-25)36-34(38)31-22-26-12-9-10-13-28(26)24-37(31)35(39)27-18-21-32(40-2)33(23-27)41-30-14-7-5-8-15-30/h5,7-10,12-21,23,31H,3-4,6,11,22,24H2,1-2H3,(H,36,38)/t31-/m0/s1. The van der Waals surface area contributed by atoms with E-state index in [2.05, 4.69) is 24.4 Å². The quantitative estimate of drug-likeness (QED) is 0.209. The Bertz CT molecular complexity index is 1480. The first-order valence-electron chi connectivity index (χ1n) is 14.2. The van der Waals surface area contributed by atoms with E-state index in [1.54, 1.807) is 30.2 Å². The largest absolute Gasteiger partial charge is 0.493 e. The Morgan fingerprint density at radius 1 is 0.854 bits per heavy atom. The number of hydrogen-bond acceptors (Lipinski definition) is 4. The van der Waals surface area contributed by atoms with Gasteiger partial charge in [-0.15, -0.1) is 0 Å². The summed E-state index contributed by atoms with van der Waals surface area (Å²) in [6, 6.07) is 29.8. The van der Waals surface area contributed by atoms with E-state index >= 15 is 0 Å². The third-order valence-electron chi connectivity index (χ3n) is 7.48. The second kappa shape index (κ2) is 13.2. The SMILES string of the molecule is CCCCCc1ccc(NC(=O)[C@@H]2Cc3ccccc3CN2C(=O)c2ccc(OC)c(Oc3ccccc3)c2)cc1. The topological polar surface area (TPSA) is 67.9 Å². The number of methoxy groups -OCH3 is 1. The maximum absolute atomic E-state index is 14.0. The van der Waals surface area contributed by atoms with E-state index < -0.39 is 6.04 Å². The molecule has 6 heteroatoms. The molecule has 1 heterocycles. The molecule has 0 radical (unpaired) electrons. The lowest BCUT2D eigenvalue weighted by atomic mass is 9.92. The zero-order valence-corrected chi connectivity index (χ0v) is 23.6. The molecule has 0 spiro atoms. The van der Waals surface area contributed by atoms with Gasteiger partial charge in [0.2, 0.25) is 5.91 Å². The van der Waals surface area contributed by atoms with Gasteiger partial charge in [0, 0.05) is 24.2 Å². The van der Waals surface area contributed by atoms with Crippen LogP contribution in [0.2, 0.25) is 0 Å². The third kappa shape index (κ3) is 6.77. The van der Waals surface area contributed by atoms with Gasteiger partial charge in [0.25, 0.3) is 5.91 Å². The smallest absolute Gasteiger partial charge is 0.254 e. The number of fused-ring (bicyclic) bond motifs is 1. The van der Waals surface area contributed by atoms with Gasteiger partial charge in [0.05, 0.1) is 7.11 Å². The summed E-state index contributed by atoms with van der Waals surface area (Å²) in [5.74, 6) is 1.13. The van der Waals surface area contributed by atoms with Crippen molar-refractivity contribution in [3.8, 4) is 17.2 Å².